The van der Waals surface area contributed by atoms with Crippen LogP contribution in [0.4, 0.5) is 0 Å². The second-order valence-corrected chi connectivity index (χ2v) is 7.53. The minimum atomic E-state index is -0.709. The number of epoxide rings is 1. The molecular formula is C22H40O3. The van der Waals surface area contributed by atoms with E-state index in [0.717, 1.165) is 19.3 Å². The minimum absolute atomic E-state index is 0.256. The molecule has 1 aliphatic heterocycles. The van der Waals surface area contributed by atoms with Crippen LogP contribution >= 0.6 is 0 Å². The summed E-state index contributed by atoms with van der Waals surface area (Å²) in [6.45, 7) is 2.28. The highest BCUT2D eigenvalue weighted by Crippen LogP contribution is 2.28. The molecule has 25 heavy (non-hydrogen) atoms. The summed E-state index contributed by atoms with van der Waals surface area (Å²) in [6, 6.07) is 0. The molecular weight excluding hydrogens is 312 g/mol. The van der Waals surface area contributed by atoms with Gasteiger partial charge in [0, 0.05) is 6.42 Å². The summed E-state index contributed by atoms with van der Waals surface area (Å²) in [6.07, 6.45) is 24.7. The van der Waals surface area contributed by atoms with Crippen LogP contribution in [0.2, 0.25) is 0 Å². The first kappa shape index (κ1) is 22.2. The smallest absolute Gasteiger partial charge is 0.303 e. The third-order valence-corrected chi connectivity index (χ3v) is 5.05. The van der Waals surface area contributed by atoms with Crippen molar-refractivity contribution >= 4 is 5.97 Å². The minimum Gasteiger partial charge on any atom is -0.481 e. The molecule has 0 aromatic carbocycles. The molecule has 1 rings (SSSR count). The molecule has 0 radical (unpaired) electrons. The highest BCUT2D eigenvalue weighted by molar-refractivity contribution is 5.66. The fourth-order valence-corrected chi connectivity index (χ4v) is 3.35. The number of carboxylic acids is 1. The Bertz CT molecular complexity index is 351. The fourth-order valence-electron chi connectivity index (χ4n) is 3.35. The van der Waals surface area contributed by atoms with E-state index in [2.05, 4.69) is 19.1 Å². The van der Waals surface area contributed by atoms with Gasteiger partial charge in [-0.25, -0.2) is 0 Å². The molecule has 0 aromatic rings. The number of carbonyl (C=O) groups is 1. The van der Waals surface area contributed by atoms with Crippen molar-refractivity contribution in [3.8, 4) is 0 Å². The molecule has 2 atom stereocenters. The van der Waals surface area contributed by atoms with E-state index >= 15 is 0 Å². The van der Waals surface area contributed by atoms with Crippen molar-refractivity contribution < 1.29 is 14.6 Å². The number of ether oxygens (including phenoxy) is 1. The van der Waals surface area contributed by atoms with Crippen LogP contribution in [0, 0.1) is 0 Å². The van der Waals surface area contributed by atoms with Crippen molar-refractivity contribution in [1.29, 1.82) is 0 Å². The summed E-state index contributed by atoms with van der Waals surface area (Å²) in [7, 11) is 0. The van der Waals surface area contributed by atoms with Crippen LogP contribution in [-0.4, -0.2) is 23.3 Å². The highest BCUT2D eigenvalue weighted by Gasteiger charge is 2.35. The number of hydrogen-bond donors (Lipinski definition) is 1. The second kappa shape index (κ2) is 15.4. The van der Waals surface area contributed by atoms with E-state index in [-0.39, 0.29) is 18.6 Å². The lowest BCUT2D eigenvalue weighted by atomic mass is 10.0. The fraction of sp³-hybridized carbons (Fsp3) is 0.864. The normalized spacial score (nSPS) is 19.6. The van der Waals surface area contributed by atoms with Gasteiger partial charge in [-0.1, -0.05) is 89.7 Å². The average molecular weight is 353 g/mol. The largest absolute Gasteiger partial charge is 0.481 e. The number of hydrogen-bond acceptors (Lipinski definition) is 2. The lowest BCUT2D eigenvalue weighted by molar-refractivity contribution is -0.137. The zero-order valence-electron chi connectivity index (χ0n) is 16.4. The van der Waals surface area contributed by atoms with E-state index in [9.17, 15) is 4.79 Å². The Labute approximate surface area is 155 Å². The molecule has 3 nitrogen and oxygen atoms in total. The molecule has 1 N–H and O–H groups in total. The third-order valence-electron chi connectivity index (χ3n) is 5.05. The third kappa shape index (κ3) is 14.1. The van der Waals surface area contributed by atoms with Crippen LogP contribution in [0.15, 0.2) is 12.2 Å². The lowest BCUT2D eigenvalue weighted by Gasteiger charge is -2.02. The molecule has 0 spiro atoms. The summed E-state index contributed by atoms with van der Waals surface area (Å²) < 4.78 is 5.53. The van der Waals surface area contributed by atoms with Crippen molar-refractivity contribution in [3.05, 3.63) is 12.2 Å². The molecule has 0 amide bonds. The first-order valence-corrected chi connectivity index (χ1v) is 10.8. The van der Waals surface area contributed by atoms with Gasteiger partial charge in [0.25, 0.3) is 0 Å². The number of allylic oxidation sites excluding steroid dienone is 1. The Morgan fingerprint density at radius 1 is 0.880 bits per heavy atom. The van der Waals surface area contributed by atoms with E-state index in [1.165, 1.54) is 77.0 Å². The molecule has 1 aliphatic rings. The zero-order valence-corrected chi connectivity index (χ0v) is 16.4. The molecule has 1 fully saturated rings. The van der Waals surface area contributed by atoms with Crippen molar-refractivity contribution in [2.75, 3.05) is 0 Å². The van der Waals surface area contributed by atoms with E-state index in [1.807, 2.05) is 0 Å². The number of carboxylic acid groups (broad SMARTS) is 1. The van der Waals surface area contributed by atoms with Crippen LogP contribution in [0.3, 0.4) is 0 Å². The van der Waals surface area contributed by atoms with Gasteiger partial charge in [0.05, 0.1) is 6.10 Å². The number of aliphatic carboxylic acids is 1. The van der Waals surface area contributed by atoms with Crippen molar-refractivity contribution in [1.82, 2.24) is 0 Å². The van der Waals surface area contributed by atoms with Gasteiger partial charge >= 0.3 is 5.97 Å². The Balaban J connectivity index is 1.76. The van der Waals surface area contributed by atoms with Gasteiger partial charge in [0.15, 0.2) is 0 Å². The summed E-state index contributed by atoms with van der Waals surface area (Å²) in [5.41, 5.74) is 0. The number of unbranched alkanes of at least 4 members (excludes halogenated alkanes) is 12. The summed E-state index contributed by atoms with van der Waals surface area (Å²) in [5.74, 6) is -0.709. The van der Waals surface area contributed by atoms with Gasteiger partial charge < -0.3 is 9.84 Å². The molecule has 0 aromatic heterocycles. The highest BCUT2D eigenvalue weighted by atomic mass is 16.6. The van der Waals surface area contributed by atoms with E-state index in [1.54, 1.807) is 0 Å². The summed E-state index contributed by atoms with van der Waals surface area (Å²) in [4.78, 5) is 10.4. The van der Waals surface area contributed by atoms with Gasteiger partial charge in [-0.15, -0.1) is 0 Å². The molecule has 1 heterocycles. The van der Waals surface area contributed by atoms with Crippen molar-refractivity contribution in [2.24, 2.45) is 0 Å². The maximum atomic E-state index is 10.4. The van der Waals surface area contributed by atoms with Crippen LogP contribution < -0.4 is 0 Å². The van der Waals surface area contributed by atoms with Crippen LogP contribution in [0.5, 0.6) is 0 Å². The van der Waals surface area contributed by atoms with E-state index in [0.29, 0.717) is 0 Å². The summed E-state index contributed by atoms with van der Waals surface area (Å²) >= 11 is 0. The second-order valence-electron chi connectivity index (χ2n) is 7.53. The molecule has 0 bridgehead atoms. The predicted octanol–water partition coefficient (Wildman–Crippen LogP) is 6.66. The summed E-state index contributed by atoms with van der Waals surface area (Å²) in [5, 5.41) is 8.60. The Hall–Kier alpha value is -0.830. The maximum Gasteiger partial charge on any atom is 0.303 e. The average Bonchev–Trinajstić information content (AvgIpc) is 3.33. The van der Waals surface area contributed by atoms with E-state index in [4.69, 9.17) is 9.84 Å². The van der Waals surface area contributed by atoms with Crippen molar-refractivity contribution in [2.45, 2.75) is 122 Å². The first-order valence-electron chi connectivity index (χ1n) is 10.8. The SMILES string of the molecule is CCCCCCCCCCCCCC/C=C/C1OC1CCCC(=O)O. The van der Waals surface area contributed by atoms with Crippen molar-refractivity contribution in [3.63, 3.8) is 0 Å². The topological polar surface area (TPSA) is 49.8 Å². The quantitative estimate of drug-likeness (QED) is 0.170. The Morgan fingerprint density at radius 2 is 1.44 bits per heavy atom. The number of rotatable bonds is 18. The van der Waals surface area contributed by atoms with Gasteiger partial charge in [-0.05, 0) is 25.7 Å². The Kier molecular flexibility index (Phi) is 13.7. The van der Waals surface area contributed by atoms with E-state index < -0.39 is 5.97 Å². The van der Waals surface area contributed by atoms with Crippen LogP contribution in [0.1, 0.15) is 110 Å². The van der Waals surface area contributed by atoms with Gasteiger partial charge in [0.1, 0.15) is 6.10 Å². The lowest BCUT2D eigenvalue weighted by Crippen LogP contribution is -1.97. The zero-order chi connectivity index (χ0) is 18.2. The first-order chi connectivity index (χ1) is 12.2. The van der Waals surface area contributed by atoms with Gasteiger partial charge in [-0.2, -0.15) is 0 Å². The molecule has 3 heteroatoms. The van der Waals surface area contributed by atoms with Gasteiger partial charge in [-0.3, -0.25) is 4.79 Å². The molecule has 2 unspecified atom stereocenters. The maximum absolute atomic E-state index is 10.4. The van der Waals surface area contributed by atoms with Crippen LogP contribution in [0.25, 0.3) is 0 Å². The predicted molar refractivity (Wildman–Crippen MR) is 105 cm³/mol. The standard InChI is InChI=1S/C22H40O3/c1-2-3-4-5-6-7-8-9-10-11-12-13-14-15-17-20-21(25-20)18-16-19-22(23)24/h15,17,20-21H,2-14,16,18-19H2,1H3,(H,23,24)/b17-15+. The van der Waals surface area contributed by atoms with Gasteiger partial charge in [0.2, 0.25) is 0 Å². The molecule has 0 aliphatic carbocycles. The molecule has 0 saturated carbocycles. The molecule has 1 saturated heterocycles. The Morgan fingerprint density at radius 3 is 2.00 bits per heavy atom. The molecule has 146 valence electrons. The van der Waals surface area contributed by atoms with Crippen LogP contribution in [-0.2, 0) is 9.53 Å². The monoisotopic (exact) mass is 352 g/mol.